The molecule has 234 valence electrons. The molecule has 0 N–H and O–H groups in total. The normalized spacial score (nSPS) is 11.3. The van der Waals surface area contributed by atoms with Crippen LogP contribution in [0, 0.1) is 72.2 Å². The van der Waals surface area contributed by atoms with Gasteiger partial charge in [0, 0.05) is 28.8 Å². The second-order valence-electron chi connectivity index (χ2n) is 10.2. The third-order valence-electron chi connectivity index (χ3n) is 6.91. The SMILES string of the molecule is Cc1ccc(-c2ccc(-c3cc(F)c(C#Cc4cc(F)c(C(F)(F)Oc5cc(F)c(F)c(F)c5)cc4C)c(F)c3)c(F)c2)c(F)c1. The minimum absolute atomic E-state index is 0.0896. The van der Waals surface area contributed by atoms with Crippen LogP contribution in [0.15, 0.2) is 72.8 Å². The summed E-state index contributed by atoms with van der Waals surface area (Å²) in [5.41, 5.74) is -1.85. The first kappa shape index (κ1) is 32.2. The molecule has 0 aliphatic carbocycles. The fourth-order valence-electron chi connectivity index (χ4n) is 4.58. The van der Waals surface area contributed by atoms with Gasteiger partial charge >= 0.3 is 6.11 Å². The van der Waals surface area contributed by atoms with Crippen LogP contribution < -0.4 is 4.74 Å². The third-order valence-corrected chi connectivity index (χ3v) is 6.91. The first-order valence-corrected chi connectivity index (χ1v) is 13.2. The lowest BCUT2D eigenvalue weighted by atomic mass is 9.97. The summed E-state index contributed by atoms with van der Waals surface area (Å²) in [6, 6.07) is 11.1. The molecule has 0 aromatic heterocycles. The molecule has 0 amide bonds. The van der Waals surface area contributed by atoms with E-state index in [2.05, 4.69) is 16.6 Å². The number of alkyl halides is 2. The predicted molar refractivity (Wildman–Crippen MR) is 150 cm³/mol. The van der Waals surface area contributed by atoms with Crippen LogP contribution in [0.2, 0.25) is 0 Å². The van der Waals surface area contributed by atoms with Gasteiger partial charge < -0.3 is 4.74 Å². The van der Waals surface area contributed by atoms with Crippen molar-refractivity contribution < 1.29 is 48.6 Å². The predicted octanol–water partition coefficient (Wildman–Crippen LogP) is 10.3. The Labute approximate surface area is 255 Å². The first-order valence-electron chi connectivity index (χ1n) is 13.2. The highest BCUT2D eigenvalue weighted by Crippen LogP contribution is 2.36. The van der Waals surface area contributed by atoms with E-state index in [1.165, 1.54) is 31.2 Å². The van der Waals surface area contributed by atoms with Gasteiger partial charge in [-0.05, 0) is 72.5 Å². The summed E-state index contributed by atoms with van der Waals surface area (Å²) in [5, 5.41) is 0. The molecule has 0 atom stereocenters. The van der Waals surface area contributed by atoms with Crippen molar-refractivity contribution in [1.82, 2.24) is 0 Å². The van der Waals surface area contributed by atoms with Crippen molar-refractivity contribution in [2.24, 2.45) is 0 Å². The Hall–Kier alpha value is -5.24. The molecule has 0 radical (unpaired) electrons. The highest BCUT2D eigenvalue weighted by Gasteiger charge is 2.38. The molecule has 0 saturated carbocycles. The Bertz CT molecular complexity index is 2030. The molecule has 0 heterocycles. The maximum absolute atomic E-state index is 15.0. The van der Waals surface area contributed by atoms with Gasteiger partial charge in [0.15, 0.2) is 17.5 Å². The van der Waals surface area contributed by atoms with Gasteiger partial charge in [-0.3, -0.25) is 0 Å². The van der Waals surface area contributed by atoms with Crippen LogP contribution in [0.1, 0.15) is 27.8 Å². The summed E-state index contributed by atoms with van der Waals surface area (Å²) in [4.78, 5) is 0. The Kier molecular flexibility index (Phi) is 8.58. The number of aryl methyl sites for hydroxylation is 2. The first-order chi connectivity index (χ1) is 21.6. The van der Waals surface area contributed by atoms with Crippen LogP contribution >= 0.6 is 0 Å². The van der Waals surface area contributed by atoms with Gasteiger partial charge in [-0.1, -0.05) is 36.1 Å². The molecule has 0 bridgehead atoms. The van der Waals surface area contributed by atoms with E-state index in [1.54, 1.807) is 13.0 Å². The van der Waals surface area contributed by atoms with Gasteiger partial charge in [-0.25, -0.2) is 35.1 Å². The highest BCUT2D eigenvalue weighted by molar-refractivity contribution is 5.72. The molecule has 46 heavy (non-hydrogen) atoms. The lowest BCUT2D eigenvalue weighted by Crippen LogP contribution is -2.24. The van der Waals surface area contributed by atoms with E-state index in [-0.39, 0.29) is 45.5 Å². The Morgan fingerprint density at radius 2 is 1.11 bits per heavy atom. The van der Waals surface area contributed by atoms with Crippen molar-refractivity contribution in [3.8, 4) is 39.8 Å². The molecule has 11 heteroatoms. The van der Waals surface area contributed by atoms with Crippen LogP contribution in [0.4, 0.5) is 43.9 Å². The van der Waals surface area contributed by atoms with E-state index in [0.717, 1.165) is 18.2 Å². The average Bonchev–Trinajstić information content (AvgIpc) is 2.96. The molecule has 5 aromatic rings. The standard InChI is InChI=1S/C35H18F10O/c1-17-3-6-23(27(36)9-17)20-5-7-24(28(37)12-20)21-13-29(38)25(30(39)14-21)8-4-19-11-31(40)26(10-18(19)2)35(44,45)46-22-15-32(41)34(43)33(42)16-22/h3,5-7,9-16H,1-2H3. The number of hydrogen-bond acceptors (Lipinski definition) is 1. The van der Waals surface area contributed by atoms with Gasteiger partial charge in [-0.15, -0.1) is 0 Å². The summed E-state index contributed by atoms with van der Waals surface area (Å²) in [7, 11) is 0. The van der Waals surface area contributed by atoms with Crippen LogP contribution in [-0.4, -0.2) is 0 Å². The fraction of sp³-hybridized carbons (Fsp3) is 0.0857. The lowest BCUT2D eigenvalue weighted by Gasteiger charge is -2.20. The Balaban J connectivity index is 1.41. The maximum Gasteiger partial charge on any atom is 0.429 e. The molecule has 5 rings (SSSR count). The molecule has 0 aliphatic rings. The lowest BCUT2D eigenvalue weighted by molar-refractivity contribution is -0.187. The smallest absolute Gasteiger partial charge is 0.429 e. The van der Waals surface area contributed by atoms with Crippen LogP contribution in [0.5, 0.6) is 5.75 Å². The van der Waals surface area contributed by atoms with Crippen LogP contribution in [0.3, 0.4) is 0 Å². The molecular weight excluding hydrogens is 626 g/mol. The summed E-state index contributed by atoms with van der Waals surface area (Å²) >= 11 is 0. The Morgan fingerprint density at radius 1 is 0.543 bits per heavy atom. The summed E-state index contributed by atoms with van der Waals surface area (Å²) < 4.78 is 148. The van der Waals surface area contributed by atoms with Crippen molar-refractivity contribution >= 4 is 0 Å². The molecule has 0 spiro atoms. The zero-order chi connectivity index (χ0) is 33.5. The Morgan fingerprint density at radius 3 is 1.72 bits per heavy atom. The fourth-order valence-corrected chi connectivity index (χ4v) is 4.58. The average molecular weight is 645 g/mol. The number of benzene rings is 5. The van der Waals surface area contributed by atoms with Gasteiger partial charge in [-0.2, -0.15) is 8.78 Å². The number of ether oxygens (including phenoxy) is 1. The molecule has 0 saturated heterocycles. The van der Waals surface area contributed by atoms with E-state index in [0.29, 0.717) is 17.7 Å². The van der Waals surface area contributed by atoms with E-state index in [1.807, 2.05) is 0 Å². The molecule has 0 unspecified atom stereocenters. The van der Waals surface area contributed by atoms with E-state index in [4.69, 9.17) is 0 Å². The number of halogens is 10. The van der Waals surface area contributed by atoms with Crippen molar-refractivity contribution in [3.05, 3.63) is 147 Å². The molecule has 5 aromatic carbocycles. The van der Waals surface area contributed by atoms with Crippen LogP contribution in [0.25, 0.3) is 22.3 Å². The van der Waals surface area contributed by atoms with Crippen molar-refractivity contribution in [1.29, 1.82) is 0 Å². The molecule has 0 aliphatic heterocycles. The maximum atomic E-state index is 15.0. The zero-order valence-corrected chi connectivity index (χ0v) is 23.6. The highest BCUT2D eigenvalue weighted by atomic mass is 19.3. The van der Waals surface area contributed by atoms with Gasteiger partial charge in [0.1, 0.15) is 40.4 Å². The minimum atomic E-state index is -4.48. The van der Waals surface area contributed by atoms with Gasteiger partial charge in [0.05, 0.1) is 5.56 Å². The zero-order valence-electron chi connectivity index (χ0n) is 23.6. The van der Waals surface area contributed by atoms with Crippen molar-refractivity contribution in [2.45, 2.75) is 20.0 Å². The molecular formula is C35H18F10O. The minimum Gasteiger partial charge on any atom is -0.429 e. The van der Waals surface area contributed by atoms with E-state index < -0.39 is 69.5 Å². The van der Waals surface area contributed by atoms with Crippen molar-refractivity contribution in [3.63, 3.8) is 0 Å². The third kappa shape index (κ3) is 6.42. The monoisotopic (exact) mass is 644 g/mol. The largest absolute Gasteiger partial charge is 0.429 e. The molecule has 1 nitrogen and oxygen atoms in total. The summed E-state index contributed by atoms with van der Waals surface area (Å²) in [6.07, 6.45) is -4.48. The second kappa shape index (κ2) is 12.3. The number of rotatable bonds is 5. The van der Waals surface area contributed by atoms with Crippen LogP contribution in [-0.2, 0) is 6.11 Å². The summed E-state index contributed by atoms with van der Waals surface area (Å²) in [6.45, 7) is 2.92. The van der Waals surface area contributed by atoms with E-state index >= 15 is 0 Å². The topological polar surface area (TPSA) is 9.23 Å². The summed E-state index contributed by atoms with van der Waals surface area (Å²) in [5.74, 6) is -7.61. The molecule has 0 fully saturated rings. The van der Waals surface area contributed by atoms with Gasteiger partial charge in [0.25, 0.3) is 0 Å². The van der Waals surface area contributed by atoms with E-state index in [9.17, 15) is 43.9 Å². The second-order valence-corrected chi connectivity index (χ2v) is 10.2. The quantitative estimate of drug-likeness (QED) is 0.105. The number of hydrogen-bond donors (Lipinski definition) is 0. The van der Waals surface area contributed by atoms with Gasteiger partial charge in [0.2, 0.25) is 0 Å². The van der Waals surface area contributed by atoms with Crippen molar-refractivity contribution in [2.75, 3.05) is 0 Å².